The van der Waals surface area contributed by atoms with Gasteiger partial charge < -0.3 is 26.0 Å². The summed E-state index contributed by atoms with van der Waals surface area (Å²) in [6, 6.07) is -0.827. The zero-order valence-electron chi connectivity index (χ0n) is 15.3. The van der Waals surface area contributed by atoms with Gasteiger partial charge in [-0.3, -0.25) is 4.79 Å². The molecule has 1 aromatic carbocycles. The van der Waals surface area contributed by atoms with Gasteiger partial charge in [0, 0.05) is 37.2 Å². The molecule has 0 amide bonds. The van der Waals surface area contributed by atoms with Crippen LogP contribution in [0.3, 0.4) is 0 Å². The SMILES string of the molecule is Nc1c(F)c(N2CC(C3(N)CC3)C2)c(F)c2c1c(=O)c(C(=O)O)cn2C1CC1F. The number of carboxylic acids is 1. The molecule has 0 bridgehead atoms. The first-order chi connectivity index (χ1) is 13.6. The summed E-state index contributed by atoms with van der Waals surface area (Å²) in [6.45, 7) is 0.698. The van der Waals surface area contributed by atoms with E-state index in [-0.39, 0.29) is 29.1 Å². The summed E-state index contributed by atoms with van der Waals surface area (Å²) in [5, 5.41) is 8.72. The van der Waals surface area contributed by atoms with Crippen molar-refractivity contribution in [1.29, 1.82) is 0 Å². The van der Waals surface area contributed by atoms with E-state index >= 15 is 8.78 Å². The number of halogens is 3. The Bertz CT molecular complexity index is 1140. The first kappa shape index (κ1) is 18.3. The third-order valence-electron chi connectivity index (χ3n) is 6.47. The molecule has 7 nitrogen and oxygen atoms in total. The Morgan fingerprint density at radius 1 is 1.24 bits per heavy atom. The minimum atomic E-state index is -1.57. The highest BCUT2D eigenvalue weighted by Gasteiger charge is 2.51. The van der Waals surface area contributed by atoms with Crippen LogP contribution in [-0.4, -0.2) is 40.4 Å². The smallest absolute Gasteiger partial charge is 0.341 e. The van der Waals surface area contributed by atoms with Crippen LogP contribution in [-0.2, 0) is 0 Å². The van der Waals surface area contributed by atoms with Crippen molar-refractivity contribution in [1.82, 2.24) is 4.57 Å². The molecule has 2 aliphatic carbocycles. The number of hydrogen-bond acceptors (Lipinski definition) is 5. The van der Waals surface area contributed by atoms with Gasteiger partial charge in [-0.15, -0.1) is 0 Å². The summed E-state index contributed by atoms with van der Waals surface area (Å²) in [6.07, 6.45) is 1.39. The molecule has 1 saturated heterocycles. The topological polar surface area (TPSA) is 115 Å². The van der Waals surface area contributed by atoms with Crippen LogP contribution in [0.15, 0.2) is 11.0 Å². The fourth-order valence-corrected chi connectivity index (χ4v) is 4.26. The van der Waals surface area contributed by atoms with Crippen molar-refractivity contribution in [3.63, 3.8) is 0 Å². The summed E-state index contributed by atoms with van der Waals surface area (Å²) in [4.78, 5) is 25.5. The minimum Gasteiger partial charge on any atom is -0.477 e. The van der Waals surface area contributed by atoms with Crippen molar-refractivity contribution >= 4 is 28.2 Å². The van der Waals surface area contributed by atoms with Crippen molar-refractivity contribution in [2.45, 2.75) is 37.0 Å². The molecule has 2 saturated carbocycles. The lowest BCUT2D eigenvalue weighted by molar-refractivity contribution is 0.0694. The van der Waals surface area contributed by atoms with E-state index in [1.807, 2.05) is 0 Å². The molecule has 0 spiro atoms. The Morgan fingerprint density at radius 3 is 2.38 bits per heavy atom. The van der Waals surface area contributed by atoms with Crippen molar-refractivity contribution in [3.8, 4) is 0 Å². The minimum absolute atomic E-state index is 0.0462. The predicted octanol–water partition coefficient (Wildman–Crippen LogP) is 1.77. The van der Waals surface area contributed by atoms with Crippen LogP contribution in [0.2, 0.25) is 0 Å². The number of fused-ring (bicyclic) bond motifs is 1. The van der Waals surface area contributed by atoms with E-state index in [9.17, 15) is 19.1 Å². The van der Waals surface area contributed by atoms with Crippen LogP contribution in [0.25, 0.3) is 10.9 Å². The monoisotopic (exact) mass is 408 g/mol. The summed E-state index contributed by atoms with van der Waals surface area (Å²) in [5.41, 5.74) is 8.52. The molecular formula is C19H19F3N4O3. The molecule has 154 valence electrons. The van der Waals surface area contributed by atoms with Gasteiger partial charge in [0.25, 0.3) is 0 Å². The maximum Gasteiger partial charge on any atom is 0.341 e. The lowest BCUT2D eigenvalue weighted by Crippen LogP contribution is -2.56. The highest BCUT2D eigenvalue weighted by Crippen LogP contribution is 2.48. The molecule has 1 aliphatic heterocycles. The number of hydrogen-bond donors (Lipinski definition) is 3. The molecule has 3 fully saturated rings. The fraction of sp³-hybridized carbons (Fsp3) is 0.474. The van der Waals surface area contributed by atoms with E-state index in [2.05, 4.69) is 0 Å². The number of rotatable bonds is 4. The van der Waals surface area contributed by atoms with Gasteiger partial charge in [0.1, 0.15) is 17.4 Å². The van der Waals surface area contributed by atoms with Gasteiger partial charge in [0.05, 0.1) is 22.6 Å². The molecule has 3 aliphatic rings. The quantitative estimate of drug-likeness (QED) is 0.665. The van der Waals surface area contributed by atoms with E-state index < -0.39 is 51.9 Å². The average Bonchev–Trinajstić information content (AvgIpc) is 3.53. The summed E-state index contributed by atoms with van der Waals surface area (Å²) < 4.78 is 45.4. The number of nitrogen functional groups attached to an aromatic ring is 1. The molecule has 5 rings (SSSR count). The molecule has 2 unspecified atom stereocenters. The second-order valence-electron chi connectivity index (χ2n) is 8.35. The molecule has 2 atom stereocenters. The van der Waals surface area contributed by atoms with Gasteiger partial charge in [-0.25, -0.2) is 18.0 Å². The molecule has 29 heavy (non-hydrogen) atoms. The number of carboxylic acid groups (broad SMARTS) is 1. The molecule has 10 heteroatoms. The number of nitrogens with zero attached hydrogens (tertiary/aromatic N) is 2. The fourth-order valence-electron chi connectivity index (χ4n) is 4.26. The first-order valence-electron chi connectivity index (χ1n) is 9.40. The standard InChI is InChI=1S/C19H19F3N4O3/c20-9-3-10(9)26-6-8(18(28)29)17(27)11-14(23)12(21)16(13(22)15(11)26)25-4-7(5-25)19(24)1-2-19/h6-7,9-10H,1-5,23-24H2,(H,28,29). The number of nitrogens with two attached hydrogens (primary N) is 2. The Balaban J connectivity index is 1.72. The average molecular weight is 408 g/mol. The molecule has 2 aromatic rings. The molecule has 0 radical (unpaired) electrons. The van der Waals surface area contributed by atoms with Gasteiger partial charge in [-0.1, -0.05) is 0 Å². The highest BCUT2D eigenvalue weighted by atomic mass is 19.1. The summed E-state index contributed by atoms with van der Waals surface area (Å²) >= 11 is 0. The van der Waals surface area contributed by atoms with E-state index in [4.69, 9.17) is 11.5 Å². The zero-order chi connectivity index (χ0) is 20.8. The number of alkyl halides is 1. The van der Waals surface area contributed by atoms with Gasteiger partial charge in [-0.2, -0.15) is 0 Å². The van der Waals surface area contributed by atoms with E-state index in [0.717, 1.165) is 23.6 Å². The number of carbonyl (C=O) groups is 1. The summed E-state index contributed by atoms with van der Waals surface area (Å²) in [7, 11) is 0. The third kappa shape index (κ3) is 2.48. The predicted molar refractivity (Wildman–Crippen MR) is 99.9 cm³/mol. The lowest BCUT2D eigenvalue weighted by atomic mass is 9.89. The van der Waals surface area contributed by atoms with E-state index in [0.29, 0.717) is 13.1 Å². The second kappa shape index (κ2) is 5.65. The Kier molecular flexibility index (Phi) is 3.57. The number of aromatic nitrogens is 1. The van der Waals surface area contributed by atoms with Crippen molar-refractivity contribution in [3.05, 3.63) is 33.6 Å². The van der Waals surface area contributed by atoms with Crippen molar-refractivity contribution < 1.29 is 23.1 Å². The van der Waals surface area contributed by atoms with Crippen LogP contribution < -0.4 is 21.8 Å². The third-order valence-corrected chi connectivity index (χ3v) is 6.47. The van der Waals surface area contributed by atoms with Crippen LogP contribution in [0.5, 0.6) is 0 Å². The van der Waals surface area contributed by atoms with Crippen molar-refractivity contribution in [2.75, 3.05) is 23.7 Å². The van der Waals surface area contributed by atoms with Crippen LogP contribution in [0.4, 0.5) is 24.5 Å². The molecular weight excluding hydrogens is 389 g/mol. The van der Waals surface area contributed by atoms with Gasteiger partial charge in [-0.05, 0) is 12.8 Å². The van der Waals surface area contributed by atoms with Crippen LogP contribution >= 0.6 is 0 Å². The number of anilines is 2. The first-order valence-corrected chi connectivity index (χ1v) is 9.40. The Morgan fingerprint density at radius 2 is 1.86 bits per heavy atom. The van der Waals surface area contributed by atoms with Crippen molar-refractivity contribution in [2.24, 2.45) is 11.7 Å². The maximum absolute atomic E-state index is 15.5. The molecule has 1 aromatic heterocycles. The van der Waals surface area contributed by atoms with Gasteiger partial charge >= 0.3 is 5.97 Å². The lowest BCUT2D eigenvalue weighted by Gasteiger charge is -2.44. The number of pyridine rings is 1. The number of benzene rings is 1. The van der Waals surface area contributed by atoms with E-state index in [1.165, 1.54) is 4.90 Å². The zero-order valence-corrected chi connectivity index (χ0v) is 15.3. The number of aromatic carboxylic acids is 1. The van der Waals surface area contributed by atoms with Crippen LogP contribution in [0.1, 0.15) is 35.7 Å². The second-order valence-corrected chi connectivity index (χ2v) is 8.35. The Hall–Kier alpha value is -2.75. The molecule has 5 N–H and O–H groups in total. The Labute approximate surface area is 162 Å². The maximum atomic E-state index is 15.5. The summed E-state index contributed by atoms with van der Waals surface area (Å²) in [5.74, 6) is -3.63. The highest BCUT2D eigenvalue weighted by molar-refractivity contribution is 6.00. The van der Waals surface area contributed by atoms with Gasteiger partial charge in [0.15, 0.2) is 11.6 Å². The van der Waals surface area contributed by atoms with Crippen LogP contribution in [0, 0.1) is 17.6 Å². The molecule has 2 heterocycles. The van der Waals surface area contributed by atoms with E-state index in [1.54, 1.807) is 0 Å². The van der Waals surface area contributed by atoms with Gasteiger partial charge in [0.2, 0.25) is 5.43 Å². The largest absolute Gasteiger partial charge is 0.477 e. The normalized spacial score (nSPS) is 25.2.